The first-order chi connectivity index (χ1) is 14.4. The van der Waals surface area contributed by atoms with Crippen molar-refractivity contribution >= 4 is 34.5 Å². The number of aryl methyl sites for hydroxylation is 1. The Hall–Kier alpha value is -3.25. The first-order valence-electron chi connectivity index (χ1n) is 9.15. The molecule has 0 amide bonds. The maximum absolute atomic E-state index is 12.2. The summed E-state index contributed by atoms with van der Waals surface area (Å²) in [5.41, 5.74) is 3.24. The second-order valence-corrected chi connectivity index (χ2v) is 6.89. The van der Waals surface area contributed by atoms with Crippen LogP contribution in [0.15, 0.2) is 42.5 Å². The first-order valence-corrected chi connectivity index (χ1v) is 9.53. The van der Waals surface area contributed by atoms with E-state index in [1.54, 1.807) is 18.2 Å². The largest absolute Gasteiger partial charge is 0.493 e. The Labute approximate surface area is 180 Å². The smallest absolute Gasteiger partial charge is 0.331 e. The summed E-state index contributed by atoms with van der Waals surface area (Å²) in [6, 6.07) is 11.3. The van der Waals surface area contributed by atoms with Crippen LogP contribution in [0.2, 0.25) is 5.15 Å². The Morgan fingerprint density at radius 1 is 1.03 bits per heavy atom. The van der Waals surface area contributed by atoms with E-state index in [-0.39, 0.29) is 6.61 Å². The molecule has 0 unspecified atom stereocenters. The predicted octanol–water partition coefficient (Wildman–Crippen LogP) is 4.98. The lowest BCUT2D eigenvalue weighted by atomic mass is 10.1. The van der Waals surface area contributed by atoms with E-state index in [0.717, 1.165) is 16.5 Å². The zero-order valence-corrected chi connectivity index (χ0v) is 17.9. The molecule has 0 aliphatic carbocycles. The Kier molecular flexibility index (Phi) is 6.79. The minimum atomic E-state index is -0.510. The van der Waals surface area contributed by atoms with Gasteiger partial charge in [0.15, 0.2) is 11.5 Å². The molecule has 0 aliphatic rings. The topological polar surface area (TPSA) is 66.9 Å². The van der Waals surface area contributed by atoms with E-state index < -0.39 is 5.97 Å². The molecule has 30 heavy (non-hydrogen) atoms. The van der Waals surface area contributed by atoms with Crippen LogP contribution < -0.4 is 14.2 Å². The van der Waals surface area contributed by atoms with Gasteiger partial charge in [-0.1, -0.05) is 23.7 Å². The number of methoxy groups -OCH3 is 3. The zero-order valence-electron chi connectivity index (χ0n) is 17.2. The van der Waals surface area contributed by atoms with Gasteiger partial charge >= 0.3 is 5.97 Å². The van der Waals surface area contributed by atoms with E-state index >= 15 is 0 Å². The highest BCUT2D eigenvalue weighted by atomic mass is 35.5. The standard InChI is InChI=1S/C23H22ClNO5/c1-14-5-7-16-12-17(23(24)25-18(16)9-14)13-30-21(26)8-6-15-10-19(27-2)22(29-4)20(11-15)28-3/h5-12H,13H2,1-4H3/b8-6+. The number of hydrogen-bond donors (Lipinski definition) is 0. The lowest BCUT2D eigenvalue weighted by molar-refractivity contribution is -0.138. The summed E-state index contributed by atoms with van der Waals surface area (Å²) in [6.07, 6.45) is 2.93. The summed E-state index contributed by atoms with van der Waals surface area (Å²) >= 11 is 6.25. The van der Waals surface area contributed by atoms with Crippen molar-refractivity contribution < 1.29 is 23.7 Å². The number of pyridine rings is 1. The van der Waals surface area contributed by atoms with Gasteiger partial charge in [-0.25, -0.2) is 9.78 Å². The average Bonchev–Trinajstić information content (AvgIpc) is 2.75. The van der Waals surface area contributed by atoms with Crippen molar-refractivity contribution in [3.05, 3.63) is 64.3 Å². The van der Waals surface area contributed by atoms with Gasteiger partial charge in [-0.15, -0.1) is 0 Å². The van der Waals surface area contributed by atoms with Crippen LogP contribution in [0.3, 0.4) is 0 Å². The maximum Gasteiger partial charge on any atom is 0.331 e. The molecule has 3 aromatic rings. The monoisotopic (exact) mass is 427 g/mol. The fourth-order valence-electron chi connectivity index (χ4n) is 2.96. The number of esters is 1. The van der Waals surface area contributed by atoms with E-state index in [4.69, 9.17) is 30.5 Å². The van der Waals surface area contributed by atoms with Crippen LogP contribution in [0.25, 0.3) is 17.0 Å². The van der Waals surface area contributed by atoms with Crippen LogP contribution in [0.1, 0.15) is 16.7 Å². The molecule has 0 fully saturated rings. The van der Waals surface area contributed by atoms with Crippen LogP contribution in [0.4, 0.5) is 0 Å². The minimum Gasteiger partial charge on any atom is -0.493 e. The van der Waals surface area contributed by atoms with E-state index in [9.17, 15) is 4.79 Å². The van der Waals surface area contributed by atoms with E-state index in [2.05, 4.69) is 4.98 Å². The molecule has 0 aliphatic heterocycles. The molecule has 7 heteroatoms. The molecule has 0 spiro atoms. The number of hydrogen-bond acceptors (Lipinski definition) is 6. The molecule has 3 rings (SSSR count). The molecule has 0 saturated heterocycles. The number of carbonyl (C=O) groups is 1. The van der Waals surface area contributed by atoms with Gasteiger partial charge in [0, 0.05) is 17.0 Å². The number of carbonyl (C=O) groups excluding carboxylic acids is 1. The number of aromatic nitrogens is 1. The molecule has 0 atom stereocenters. The molecule has 0 saturated carbocycles. The van der Waals surface area contributed by atoms with Gasteiger partial charge in [-0.3, -0.25) is 0 Å². The number of halogens is 1. The van der Waals surface area contributed by atoms with Gasteiger partial charge in [0.1, 0.15) is 11.8 Å². The third-order valence-corrected chi connectivity index (χ3v) is 4.80. The van der Waals surface area contributed by atoms with Crippen LogP contribution in [0, 0.1) is 6.92 Å². The normalized spacial score (nSPS) is 11.0. The van der Waals surface area contributed by atoms with E-state index in [1.807, 2.05) is 31.2 Å². The summed E-state index contributed by atoms with van der Waals surface area (Å²) in [5.74, 6) is 0.959. The Morgan fingerprint density at radius 3 is 2.37 bits per heavy atom. The molecule has 0 bridgehead atoms. The van der Waals surface area contributed by atoms with Crippen LogP contribution >= 0.6 is 11.6 Å². The van der Waals surface area contributed by atoms with Crippen LogP contribution in [-0.2, 0) is 16.1 Å². The zero-order chi connectivity index (χ0) is 21.7. The molecule has 1 heterocycles. The summed E-state index contributed by atoms with van der Waals surface area (Å²) < 4.78 is 21.2. The molecule has 2 aromatic carbocycles. The van der Waals surface area contributed by atoms with Crippen LogP contribution in [0.5, 0.6) is 17.2 Å². The number of nitrogens with zero attached hydrogens (tertiary/aromatic N) is 1. The van der Waals surface area contributed by atoms with Gasteiger partial charge in [0.05, 0.1) is 26.8 Å². The fraction of sp³-hybridized carbons (Fsp3) is 0.217. The van der Waals surface area contributed by atoms with Crippen molar-refractivity contribution in [2.24, 2.45) is 0 Å². The van der Waals surface area contributed by atoms with Gasteiger partial charge in [-0.05, 0) is 48.4 Å². The fourth-order valence-corrected chi connectivity index (χ4v) is 3.16. The summed E-state index contributed by atoms with van der Waals surface area (Å²) in [6.45, 7) is 2.01. The minimum absolute atomic E-state index is 0.0219. The summed E-state index contributed by atoms with van der Waals surface area (Å²) in [5, 5.41) is 1.25. The van der Waals surface area contributed by atoms with Crippen molar-refractivity contribution in [3.63, 3.8) is 0 Å². The van der Waals surface area contributed by atoms with E-state index in [0.29, 0.717) is 33.5 Å². The lowest BCUT2D eigenvalue weighted by Gasteiger charge is -2.12. The van der Waals surface area contributed by atoms with Crippen molar-refractivity contribution in [2.45, 2.75) is 13.5 Å². The summed E-state index contributed by atoms with van der Waals surface area (Å²) in [4.78, 5) is 16.6. The average molecular weight is 428 g/mol. The highest BCUT2D eigenvalue weighted by Crippen LogP contribution is 2.38. The molecule has 156 valence electrons. The predicted molar refractivity (Wildman–Crippen MR) is 116 cm³/mol. The molecule has 1 aromatic heterocycles. The number of benzene rings is 2. The second-order valence-electron chi connectivity index (χ2n) is 6.53. The maximum atomic E-state index is 12.2. The van der Waals surface area contributed by atoms with Crippen molar-refractivity contribution in [3.8, 4) is 17.2 Å². The van der Waals surface area contributed by atoms with Crippen molar-refractivity contribution in [1.82, 2.24) is 4.98 Å². The van der Waals surface area contributed by atoms with E-state index in [1.165, 1.54) is 27.4 Å². The molecule has 0 radical (unpaired) electrons. The number of rotatable bonds is 7. The third kappa shape index (κ3) is 4.83. The highest BCUT2D eigenvalue weighted by molar-refractivity contribution is 6.30. The molecular weight excluding hydrogens is 406 g/mol. The highest BCUT2D eigenvalue weighted by Gasteiger charge is 2.12. The van der Waals surface area contributed by atoms with Gasteiger partial charge in [0.2, 0.25) is 5.75 Å². The SMILES string of the molecule is COc1cc(/C=C/C(=O)OCc2cc3ccc(C)cc3nc2Cl)cc(OC)c1OC. The first kappa shape index (κ1) is 21.5. The summed E-state index contributed by atoms with van der Waals surface area (Å²) in [7, 11) is 4.59. The Balaban J connectivity index is 1.72. The van der Waals surface area contributed by atoms with Gasteiger partial charge in [0.25, 0.3) is 0 Å². The number of fused-ring (bicyclic) bond motifs is 1. The molecule has 6 nitrogen and oxygen atoms in total. The van der Waals surface area contributed by atoms with Gasteiger partial charge < -0.3 is 18.9 Å². The molecular formula is C23H22ClNO5. The Bertz CT molecular complexity index is 1090. The quantitative estimate of drug-likeness (QED) is 0.301. The lowest BCUT2D eigenvalue weighted by Crippen LogP contribution is -2.02. The molecule has 0 N–H and O–H groups in total. The van der Waals surface area contributed by atoms with Crippen molar-refractivity contribution in [1.29, 1.82) is 0 Å². The number of ether oxygens (including phenoxy) is 4. The van der Waals surface area contributed by atoms with Crippen molar-refractivity contribution in [2.75, 3.05) is 21.3 Å². The van der Waals surface area contributed by atoms with Gasteiger partial charge in [-0.2, -0.15) is 0 Å². The second kappa shape index (κ2) is 9.50. The third-order valence-electron chi connectivity index (χ3n) is 4.47. The van der Waals surface area contributed by atoms with Crippen LogP contribution in [-0.4, -0.2) is 32.3 Å². The Morgan fingerprint density at radius 2 is 1.73 bits per heavy atom.